The summed E-state index contributed by atoms with van der Waals surface area (Å²) in [6.07, 6.45) is -4.18. The first-order valence-corrected chi connectivity index (χ1v) is 8.04. The van der Waals surface area contributed by atoms with Crippen molar-refractivity contribution in [3.05, 3.63) is 24.3 Å². The van der Waals surface area contributed by atoms with E-state index in [-0.39, 0.29) is 24.3 Å². The molecule has 8 heteroatoms. The average molecular weight is 322 g/mol. The molecule has 1 heterocycles. The number of sulfonamides is 1. The van der Waals surface area contributed by atoms with Crippen molar-refractivity contribution in [2.24, 2.45) is 5.92 Å². The molecule has 1 unspecified atom stereocenters. The minimum Gasteiger partial charge on any atom is -0.387 e. The van der Waals surface area contributed by atoms with Crippen LogP contribution in [0.4, 0.5) is 18.9 Å². The Hall–Kier alpha value is -1.28. The molecule has 1 aliphatic heterocycles. The van der Waals surface area contributed by atoms with E-state index in [4.69, 9.17) is 0 Å². The first kappa shape index (κ1) is 16.1. The minimum atomic E-state index is -4.36. The summed E-state index contributed by atoms with van der Waals surface area (Å²) in [7, 11) is -2.35. The van der Waals surface area contributed by atoms with Crippen LogP contribution in [0.1, 0.15) is 12.8 Å². The van der Waals surface area contributed by atoms with E-state index in [1.165, 1.54) is 6.07 Å². The zero-order valence-corrected chi connectivity index (χ0v) is 12.3. The summed E-state index contributed by atoms with van der Waals surface area (Å²) in [4.78, 5) is 0.00956. The molecule has 1 N–H and O–H groups in total. The Labute approximate surface area is 122 Å². The lowest BCUT2D eigenvalue weighted by molar-refractivity contribution is -0.182. The predicted molar refractivity (Wildman–Crippen MR) is 73.5 cm³/mol. The first-order chi connectivity index (χ1) is 9.76. The monoisotopic (exact) mass is 322 g/mol. The fourth-order valence-corrected chi connectivity index (χ4v) is 4.19. The maximum Gasteiger partial charge on any atom is 0.393 e. The van der Waals surface area contributed by atoms with Crippen LogP contribution in [0.15, 0.2) is 29.2 Å². The Kier molecular flexibility index (Phi) is 4.48. The number of halogens is 3. The molecular weight excluding hydrogens is 305 g/mol. The van der Waals surface area contributed by atoms with Crippen molar-refractivity contribution in [2.75, 3.05) is 25.5 Å². The SMILES string of the molecule is CNc1ccccc1S(=O)(=O)N1CCCC(C(F)(F)F)C1. The van der Waals surface area contributed by atoms with E-state index >= 15 is 0 Å². The summed E-state index contributed by atoms with van der Waals surface area (Å²) in [5.41, 5.74) is 0.381. The van der Waals surface area contributed by atoms with Crippen molar-refractivity contribution in [1.29, 1.82) is 0 Å². The third kappa shape index (κ3) is 3.32. The van der Waals surface area contributed by atoms with Crippen LogP contribution in [0.25, 0.3) is 0 Å². The number of piperidine rings is 1. The number of para-hydroxylation sites is 1. The molecule has 0 aromatic heterocycles. The number of nitrogens with one attached hydrogen (secondary N) is 1. The molecule has 21 heavy (non-hydrogen) atoms. The fourth-order valence-electron chi connectivity index (χ4n) is 2.47. The van der Waals surface area contributed by atoms with Crippen LogP contribution >= 0.6 is 0 Å². The summed E-state index contributed by atoms with van der Waals surface area (Å²) in [6, 6.07) is 6.20. The number of nitrogens with zero attached hydrogens (tertiary/aromatic N) is 1. The number of anilines is 1. The highest BCUT2D eigenvalue weighted by atomic mass is 32.2. The lowest BCUT2D eigenvalue weighted by atomic mass is 9.99. The van der Waals surface area contributed by atoms with Crippen LogP contribution in [0.5, 0.6) is 0 Å². The van der Waals surface area contributed by atoms with Gasteiger partial charge in [0.25, 0.3) is 0 Å². The van der Waals surface area contributed by atoms with Gasteiger partial charge in [0.15, 0.2) is 0 Å². The van der Waals surface area contributed by atoms with Crippen LogP contribution in [0.2, 0.25) is 0 Å². The second kappa shape index (κ2) is 5.84. The maximum atomic E-state index is 12.8. The van der Waals surface area contributed by atoms with Gasteiger partial charge in [0.1, 0.15) is 4.90 Å². The summed E-state index contributed by atoms with van der Waals surface area (Å²) < 4.78 is 64.5. The number of hydrogen-bond donors (Lipinski definition) is 1. The molecule has 1 atom stereocenters. The zero-order valence-electron chi connectivity index (χ0n) is 11.5. The van der Waals surface area contributed by atoms with Gasteiger partial charge in [0.05, 0.1) is 11.6 Å². The summed E-state index contributed by atoms with van der Waals surface area (Å²) in [5.74, 6) is -1.59. The normalized spacial score (nSPS) is 21.2. The molecular formula is C13H17F3N2O2S. The molecule has 1 saturated heterocycles. The minimum absolute atomic E-state index is 0.00956. The van der Waals surface area contributed by atoms with Crippen molar-refractivity contribution in [1.82, 2.24) is 4.31 Å². The Balaban J connectivity index is 2.31. The summed E-state index contributed by atoms with van der Waals surface area (Å²) in [5, 5.41) is 2.75. The Morgan fingerprint density at radius 2 is 1.95 bits per heavy atom. The largest absolute Gasteiger partial charge is 0.393 e. The molecule has 118 valence electrons. The summed E-state index contributed by atoms with van der Waals surface area (Å²) >= 11 is 0. The highest BCUT2D eigenvalue weighted by Gasteiger charge is 2.44. The van der Waals surface area contributed by atoms with Crippen LogP contribution < -0.4 is 5.32 Å². The smallest absolute Gasteiger partial charge is 0.387 e. The van der Waals surface area contributed by atoms with E-state index in [0.29, 0.717) is 5.69 Å². The summed E-state index contributed by atoms with van der Waals surface area (Å²) in [6.45, 7) is -0.392. The second-order valence-corrected chi connectivity index (χ2v) is 6.90. The lowest BCUT2D eigenvalue weighted by Crippen LogP contribution is -2.44. The number of hydrogen-bond acceptors (Lipinski definition) is 3. The van der Waals surface area contributed by atoms with Crippen molar-refractivity contribution >= 4 is 15.7 Å². The molecule has 0 bridgehead atoms. The van der Waals surface area contributed by atoms with Crippen LogP contribution in [-0.2, 0) is 10.0 Å². The molecule has 0 aliphatic carbocycles. The van der Waals surface area contributed by atoms with Crippen molar-refractivity contribution in [3.8, 4) is 0 Å². The van der Waals surface area contributed by atoms with Gasteiger partial charge in [0.2, 0.25) is 10.0 Å². The molecule has 1 aliphatic rings. The Morgan fingerprint density at radius 1 is 1.29 bits per heavy atom. The Bertz CT molecular complexity index is 602. The van der Waals surface area contributed by atoms with Crippen LogP contribution in [0.3, 0.4) is 0 Å². The molecule has 4 nitrogen and oxygen atoms in total. The van der Waals surface area contributed by atoms with E-state index in [1.54, 1.807) is 25.2 Å². The first-order valence-electron chi connectivity index (χ1n) is 6.60. The van der Waals surface area contributed by atoms with E-state index < -0.39 is 28.7 Å². The predicted octanol–water partition coefficient (Wildman–Crippen LogP) is 2.69. The van der Waals surface area contributed by atoms with Gasteiger partial charge in [-0.15, -0.1) is 0 Å². The second-order valence-electron chi connectivity index (χ2n) is 4.99. The van der Waals surface area contributed by atoms with Gasteiger partial charge in [-0.1, -0.05) is 12.1 Å². The van der Waals surface area contributed by atoms with Gasteiger partial charge in [-0.2, -0.15) is 17.5 Å². The van der Waals surface area contributed by atoms with Crippen LogP contribution in [0, 0.1) is 5.92 Å². The van der Waals surface area contributed by atoms with E-state index in [9.17, 15) is 21.6 Å². The molecule has 2 rings (SSSR count). The third-order valence-corrected chi connectivity index (χ3v) is 5.54. The van der Waals surface area contributed by atoms with Gasteiger partial charge in [0, 0.05) is 20.1 Å². The van der Waals surface area contributed by atoms with Gasteiger partial charge >= 0.3 is 6.18 Å². The van der Waals surface area contributed by atoms with E-state index in [0.717, 1.165) is 4.31 Å². The maximum absolute atomic E-state index is 12.8. The van der Waals surface area contributed by atoms with Crippen molar-refractivity contribution in [3.63, 3.8) is 0 Å². The van der Waals surface area contributed by atoms with E-state index in [2.05, 4.69) is 5.32 Å². The molecule has 0 radical (unpaired) electrons. The highest BCUT2D eigenvalue weighted by molar-refractivity contribution is 7.89. The molecule has 0 saturated carbocycles. The van der Waals surface area contributed by atoms with Gasteiger partial charge in [-0.05, 0) is 25.0 Å². The van der Waals surface area contributed by atoms with Crippen molar-refractivity contribution < 1.29 is 21.6 Å². The molecule has 0 amide bonds. The zero-order chi connectivity index (χ0) is 15.7. The van der Waals surface area contributed by atoms with Crippen molar-refractivity contribution in [2.45, 2.75) is 23.9 Å². The quantitative estimate of drug-likeness (QED) is 0.931. The van der Waals surface area contributed by atoms with Gasteiger partial charge < -0.3 is 5.32 Å². The fraction of sp³-hybridized carbons (Fsp3) is 0.538. The molecule has 1 aromatic rings. The molecule has 1 fully saturated rings. The van der Waals surface area contributed by atoms with Crippen LogP contribution in [-0.4, -0.2) is 39.0 Å². The Morgan fingerprint density at radius 3 is 2.57 bits per heavy atom. The van der Waals surface area contributed by atoms with Gasteiger partial charge in [-0.25, -0.2) is 8.42 Å². The average Bonchev–Trinajstić information content (AvgIpc) is 2.46. The molecule has 1 aromatic carbocycles. The number of rotatable bonds is 3. The topological polar surface area (TPSA) is 49.4 Å². The van der Waals surface area contributed by atoms with E-state index in [1.807, 2.05) is 0 Å². The lowest BCUT2D eigenvalue weighted by Gasteiger charge is -2.33. The van der Waals surface area contributed by atoms with Gasteiger partial charge in [-0.3, -0.25) is 0 Å². The third-order valence-electron chi connectivity index (χ3n) is 3.62. The number of benzene rings is 1. The standard InChI is InChI=1S/C13H17F3N2O2S/c1-17-11-6-2-3-7-12(11)21(19,20)18-8-4-5-10(9-18)13(14,15)16/h2-3,6-7,10,17H,4-5,8-9H2,1H3. The molecule has 0 spiro atoms. The number of alkyl halides is 3. The highest BCUT2D eigenvalue weighted by Crippen LogP contribution is 2.35.